The number of nitrogens with one attached hydrogen (secondary N) is 2. The zero-order chi connectivity index (χ0) is 16.5. The normalized spacial score (nSPS) is 10.9. The highest BCUT2D eigenvalue weighted by molar-refractivity contribution is 7.07. The first-order chi connectivity index (χ1) is 11.7. The van der Waals surface area contributed by atoms with E-state index in [0.717, 1.165) is 17.1 Å². The molecule has 1 amide bonds. The Morgan fingerprint density at radius 2 is 2.00 bits per heavy atom. The van der Waals surface area contributed by atoms with Crippen LogP contribution in [0.1, 0.15) is 9.67 Å². The van der Waals surface area contributed by atoms with Gasteiger partial charge in [-0.1, -0.05) is 10.6 Å². The molecule has 0 unspecified atom stereocenters. The van der Waals surface area contributed by atoms with Crippen LogP contribution in [0.4, 0.5) is 10.1 Å². The Balaban J connectivity index is 1.58. The maximum Gasteiger partial charge on any atom is 0.269 e. The van der Waals surface area contributed by atoms with Crippen LogP contribution < -0.4 is 5.32 Å². The molecule has 0 aliphatic heterocycles. The van der Waals surface area contributed by atoms with Gasteiger partial charge < -0.3 is 10.3 Å². The summed E-state index contributed by atoms with van der Waals surface area (Å²) in [7, 11) is 0. The molecule has 0 spiro atoms. The van der Waals surface area contributed by atoms with Crippen LogP contribution in [0.25, 0.3) is 22.4 Å². The van der Waals surface area contributed by atoms with Crippen LogP contribution in [0.15, 0.2) is 48.7 Å². The first kappa shape index (κ1) is 14.5. The molecule has 6 nitrogen and oxygen atoms in total. The Labute approximate surface area is 139 Å². The lowest BCUT2D eigenvalue weighted by atomic mass is 10.2. The summed E-state index contributed by atoms with van der Waals surface area (Å²) in [6, 6.07) is 11.9. The van der Waals surface area contributed by atoms with Crippen molar-refractivity contribution in [2.24, 2.45) is 0 Å². The molecule has 0 aliphatic carbocycles. The molecule has 2 heterocycles. The van der Waals surface area contributed by atoms with E-state index >= 15 is 0 Å². The molecule has 2 aromatic carbocycles. The number of anilines is 1. The van der Waals surface area contributed by atoms with Crippen molar-refractivity contribution in [1.82, 2.24) is 19.6 Å². The van der Waals surface area contributed by atoms with E-state index < -0.39 is 0 Å². The highest BCUT2D eigenvalue weighted by atomic mass is 32.1. The third-order valence-electron chi connectivity index (χ3n) is 3.46. The van der Waals surface area contributed by atoms with Crippen molar-refractivity contribution in [1.29, 1.82) is 0 Å². The Morgan fingerprint density at radius 3 is 2.71 bits per heavy atom. The molecule has 2 aromatic heterocycles. The number of rotatable bonds is 3. The highest BCUT2D eigenvalue weighted by Gasteiger charge is 2.11. The number of hydrogen-bond donors (Lipinski definition) is 2. The van der Waals surface area contributed by atoms with Crippen molar-refractivity contribution in [3.8, 4) is 11.4 Å². The number of carbonyl (C=O) groups excluding carboxylic acids is 1. The fourth-order valence-corrected chi connectivity index (χ4v) is 2.72. The molecule has 0 fully saturated rings. The molecular weight excluding hydrogens is 329 g/mol. The number of hydrogen-bond acceptors (Lipinski definition) is 5. The lowest BCUT2D eigenvalue weighted by Gasteiger charge is -2.03. The molecule has 8 heteroatoms. The number of H-pyrrole nitrogens is 1. The number of carbonyl (C=O) groups is 1. The fourth-order valence-electron chi connectivity index (χ4n) is 2.31. The van der Waals surface area contributed by atoms with E-state index in [1.807, 2.05) is 0 Å². The van der Waals surface area contributed by atoms with Crippen LogP contribution in [0.2, 0.25) is 0 Å². The Kier molecular flexibility index (Phi) is 3.51. The van der Waals surface area contributed by atoms with Gasteiger partial charge in [0.15, 0.2) is 5.82 Å². The van der Waals surface area contributed by atoms with Crippen molar-refractivity contribution >= 4 is 34.2 Å². The Hall–Kier alpha value is -3.13. The molecule has 0 radical (unpaired) electrons. The summed E-state index contributed by atoms with van der Waals surface area (Å²) in [5.41, 5.74) is 2.38. The molecule has 0 bridgehead atoms. The number of amides is 1. The van der Waals surface area contributed by atoms with Crippen molar-refractivity contribution in [3.05, 3.63) is 59.4 Å². The van der Waals surface area contributed by atoms with Gasteiger partial charge in [-0.25, -0.2) is 9.37 Å². The van der Waals surface area contributed by atoms with Gasteiger partial charge >= 0.3 is 0 Å². The molecule has 0 aliphatic rings. The molecule has 2 N–H and O–H groups in total. The quantitative estimate of drug-likeness (QED) is 0.598. The lowest BCUT2D eigenvalue weighted by Crippen LogP contribution is -2.09. The first-order valence-electron chi connectivity index (χ1n) is 7.04. The van der Waals surface area contributed by atoms with E-state index in [4.69, 9.17) is 0 Å². The zero-order valence-corrected chi connectivity index (χ0v) is 13.0. The van der Waals surface area contributed by atoms with Gasteiger partial charge in [0.05, 0.1) is 11.7 Å². The third-order valence-corrected chi connectivity index (χ3v) is 4.13. The van der Waals surface area contributed by atoms with E-state index in [-0.39, 0.29) is 11.7 Å². The summed E-state index contributed by atoms with van der Waals surface area (Å²) >= 11 is 1.03. The van der Waals surface area contributed by atoms with Crippen LogP contribution in [-0.2, 0) is 0 Å². The van der Waals surface area contributed by atoms with Crippen LogP contribution >= 0.6 is 11.5 Å². The summed E-state index contributed by atoms with van der Waals surface area (Å²) in [5, 5.41) is 6.39. The third kappa shape index (κ3) is 2.63. The molecule has 0 saturated carbocycles. The number of aromatic amines is 1. The predicted molar refractivity (Wildman–Crippen MR) is 89.3 cm³/mol. The van der Waals surface area contributed by atoms with Gasteiger partial charge in [-0.05, 0) is 47.9 Å². The average Bonchev–Trinajstić information content (AvgIpc) is 3.26. The average molecular weight is 339 g/mol. The summed E-state index contributed by atoms with van der Waals surface area (Å²) in [5.74, 6) is -0.0553. The molecule has 0 atom stereocenters. The van der Waals surface area contributed by atoms with Crippen molar-refractivity contribution in [3.63, 3.8) is 0 Å². The molecule has 4 rings (SSSR count). The van der Waals surface area contributed by atoms with Crippen LogP contribution in [0.3, 0.4) is 0 Å². The second kappa shape index (κ2) is 5.82. The summed E-state index contributed by atoms with van der Waals surface area (Å²) in [4.78, 5) is 19.7. The second-order valence-electron chi connectivity index (χ2n) is 5.03. The SMILES string of the molecule is O=C(Nc1ccc(-c2nc3c(F)cccc3[nH]2)cc1)c1cnns1. The van der Waals surface area contributed by atoms with Gasteiger partial charge in [0.1, 0.15) is 16.2 Å². The minimum absolute atomic E-state index is 0.261. The van der Waals surface area contributed by atoms with E-state index in [2.05, 4.69) is 24.9 Å². The van der Waals surface area contributed by atoms with Crippen LogP contribution in [0, 0.1) is 5.82 Å². The van der Waals surface area contributed by atoms with Crippen LogP contribution in [0.5, 0.6) is 0 Å². The Bertz CT molecular complexity index is 1010. The monoisotopic (exact) mass is 339 g/mol. The number of benzene rings is 2. The van der Waals surface area contributed by atoms with Gasteiger partial charge in [0, 0.05) is 11.3 Å². The van der Waals surface area contributed by atoms with Crippen molar-refractivity contribution < 1.29 is 9.18 Å². The van der Waals surface area contributed by atoms with Gasteiger partial charge in [-0.3, -0.25) is 4.79 Å². The number of nitrogens with zero attached hydrogens (tertiary/aromatic N) is 3. The topological polar surface area (TPSA) is 83.6 Å². The van der Waals surface area contributed by atoms with E-state index in [1.165, 1.54) is 12.3 Å². The van der Waals surface area contributed by atoms with Gasteiger partial charge in [-0.2, -0.15) is 0 Å². The summed E-state index contributed by atoms with van der Waals surface area (Å²) < 4.78 is 17.4. The number of aromatic nitrogens is 4. The fraction of sp³-hybridized carbons (Fsp3) is 0. The molecule has 118 valence electrons. The minimum Gasteiger partial charge on any atom is -0.338 e. The number of halogens is 1. The summed E-state index contributed by atoms with van der Waals surface area (Å²) in [6.45, 7) is 0. The lowest BCUT2D eigenvalue weighted by molar-refractivity contribution is 0.103. The number of para-hydroxylation sites is 1. The van der Waals surface area contributed by atoms with E-state index in [1.54, 1.807) is 36.4 Å². The van der Waals surface area contributed by atoms with Gasteiger partial charge in [0.25, 0.3) is 5.91 Å². The van der Waals surface area contributed by atoms with Gasteiger partial charge in [-0.15, -0.1) is 5.10 Å². The number of imidazole rings is 1. The first-order valence-corrected chi connectivity index (χ1v) is 7.81. The largest absolute Gasteiger partial charge is 0.338 e. The molecular formula is C16H10FN5OS. The molecule has 0 saturated heterocycles. The van der Waals surface area contributed by atoms with E-state index in [0.29, 0.717) is 27.4 Å². The second-order valence-corrected chi connectivity index (χ2v) is 5.82. The van der Waals surface area contributed by atoms with Crippen molar-refractivity contribution in [2.75, 3.05) is 5.32 Å². The molecule has 4 aromatic rings. The smallest absolute Gasteiger partial charge is 0.269 e. The summed E-state index contributed by atoms with van der Waals surface area (Å²) in [6.07, 6.45) is 1.41. The Morgan fingerprint density at radius 1 is 1.17 bits per heavy atom. The minimum atomic E-state index is -0.364. The maximum atomic E-state index is 13.7. The number of fused-ring (bicyclic) bond motifs is 1. The highest BCUT2D eigenvalue weighted by Crippen LogP contribution is 2.23. The maximum absolute atomic E-state index is 13.7. The predicted octanol–water partition coefficient (Wildman–Crippen LogP) is 3.47. The van der Waals surface area contributed by atoms with Crippen molar-refractivity contribution in [2.45, 2.75) is 0 Å². The molecule has 24 heavy (non-hydrogen) atoms. The standard InChI is InChI=1S/C16H10FN5OS/c17-11-2-1-3-12-14(11)21-15(20-12)9-4-6-10(7-5-9)19-16(23)13-8-18-22-24-13/h1-8H,(H,19,23)(H,20,21). The van der Waals surface area contributed by atoms with Crippen LogP contribution in [-0.4, -0.2) is 25.5 Å². The van der Waals surface area contributed by atoms with Gasteiger partial charge in [0.2, 0.25) is 0 Å². The zero-order valence-electron chi connectivity index (χ0n) is 12.2. The van der Waals surface area contributed by atoms with E-state index in [9.17, 15) is 9.18 Å².